The van der Waals surface area contributed by atoms with E-state index in [1.54, 1.807) is 21.8 Å². The van der Waals surface area contributed by atoms with Gasteiger partial charge in [0.05, 0.1) is 0 Å². The van der Waals surface area contributed by atoms with Gasteiger partial charge in [-0.1, -0.05) is 0 Å². The van der Waals surface area contributed by atoms with E-state index in [1.807, 2.05) is 60.9 Å². The van der Waals surface area contributed by atoms with Crippen molar-refractivity contribution in [2.75, 3.05) is 0 Å². The van der Waals surface area contributed by atoms with E-state index in [9.17, 15) is 0 Å². The van der Waals surface area contributed by atoms with Crippen LogP contribution in [0.1, 0.15) is 11.1 Å². The first-order chi connectivity index (χ1) is 11.8. The van der Waals surface area contributed by atoms with Crippen LogP contribution in [0.25, 0.3) is 11.4 Å². The minimum Gasteiger partial charge on any atom is -0.260 e. The number of benzene rings is 2. The third-order valence-electron chi connectivity index (χ3n) is 3.55. The fourth-order valence-electron chi connectivity index (χ4n) is 2.41. The second-order valence-electron chi connectivity index (χ2n) is 5.13. The Morgan fingerprint density at radius 3 is 1.64 bits per heavy atom. The molecule has 2 aromatic heterocycles. The first kappa shape index (κ1) is 17.5. The predicted octanol–water partition coefficient (Wildman–Crippen LogP) is 3.42. The molecular weight excluding hydrogens is 511 g/mol. The molecule has 0 aliphatic heterocycles. The Morgan fingerprint density at radius 2 is 1.24 bits per heavy atom. The van der Waals surface area contributed by atoms with Crippen molar-refractivity contribution in [2.24, 2.45) is 0 Å². The molecular formula is C19H12N4PtS. The van der Waals surface area contributed by atoms with Gasteiger partial charge in [0.1, 0.15) is 0 Å². The van der Waals surface area contributed by atoms with E-state index in [4.69, 9.17) is 12.2 Å². The van der Waals surface area contributed by atoms with Crippen molar-refractivity contribution in [1.82, 2.24) is 19.6 Å². The molecule has 0 aliphatic rings. The minimum absolute atomic E-state index is 0. The average Bonchev–Trinajstić information content (AvgIpc) is 3.35. The van der Waals surface area contributed by atoms with Crippen LogP contribution in [-0.4, -0.2) is 24.4 Å². The number of nitrogens with zero attached hydrogens (tertiary/aromatic N) is 4. The molecule has 0 unspecified atom stereocenters. The second kappa shape index (κ2) is 7.68. The zero-order chi connectivity index (χ0) is 16.4. The summed E-state index contributed by atoms with van der Waals surface area (Å²) in [6.07, 6.45) is 7.23. The molecule has 124 valence electrons. The Bertz CT molecular complexity index is 899. The summed E-state index contributed by atoms with van der Waals surface area (Å²) < 4.78 is 3.52. The quantitative estimate of drug-likeness (QED) is 0.234. The summed E-state index contributed by atoms with van der Waals surface area (Å²) in [5.41, 5.74) is 3.38. The van der Waals surface area contributed by atoms with Gasteiger partial charge in [-0.2, -0.15) is 10.2 Å². The van der Waals surface area contributed by atoms with Crippen LogP contribution in [-0.2, 0) is 21.1 Å². The standard InChI is InChI=1S/C19H12N4S.Pt/c24-19(15-5-1-7-17(13-15)22-11-3-9-20-22)16-6-2-8-18(14-16)23-12-4-10-21-23;/h1-12H;/q-2;+2. The molecule has 4 aromatic rings. The van der Waals surface area contributed by atoms with Gasteiger partial charge in [0.15, 0.2) is 0 Å². The molecule has 25 heavy (non-hydrogen) atoms. The van der Waals surface area contributed by atoms with Crippen LogP contribution in [0.4, 0.5) is 0 Å². The van der Waals surface area contributed by atoms with E-state index in [0.717, 1.165) is 22.5 Å². The summed E-state index contributed by atoms with van der Waals surface area (Å²) in [5.74, 6) is 0. The van der Waals surface area contributed by atoms with Crippen LogP contribution < -0.4 is 0 Å². The van der Waals surface area contributed by atoms with E-state index in [1.165, 1.54) is 0 Å². The van der Waals surface area contributed by atoms with Crippen molar-refractivity contribution >= 4 is 17.1 Å². The molecule has 0 bridgehead atoms. The normalized spacial score (nSPS) is 10.2. The number of hydrogen-bond acceptors (Lipinski definition) is 3. The number of thiocarbonyl (C=S) groups is 1. The van der Waals surface area contributed by atoms with Crippen LogP contribution in [0.3, 0.4) is 0 Å². The Kier molecular flexibility index (Phi) is 5.37. The van der Waals surface area contributed by atoms with Crippen molar-refractivity contribution in [3.05, 3.63) is 96.6 Å². The molecule has 0 atom stereocenters. The van der Waals surface area contributed by atoms with Crippen molar-refractivity contribution < 1.29 is 21.1 Å². The zero-order valence-corrected chi connectivity index (χ0v) is 16.0. The maximum Gasteiger partial charge on any atom is 2.00 e. The van der Waals surface area contributed by atoms with Crippen molar-refractivity contribution in [1.29, 1.82) is 0 Å². The minimum atomic E-state index is 0. The molecule has 6 heteroatoms. The Hall–Kier alpha value is -2.36. The first-order valence-electron chi connectivity index (χ1n) is 7.41. The van der Waals surface area contributed by atoms with Gasteiger partial charge in [0.25, 0.3) is 0 Å². The Balaban J connectivity index is 0.00000182. The molecule has 2 aromatic carbocycles. The van der Waals surface area contributed by atoms with Gasteiger partial charge in [-0.05, 0) is 28.4 Å². The molecule has 0 saturated heterocycles. The van der Waals surface area contributed by atoms with Gasteiger partial charge in [-0.15, -0.1) is 71.9 Å². The average molecular weight is 523 g/mol. The molecule has 0 aliphatic carbocycles. The third-order valence-corrected chi connectivity index (χ3v) is 3.99. The van der Waals surface area contributed by atoms with Crippen LogP contribution in [0.15, 0.2) is 73.3 Å². The summed E-state index contributed by atoms with van der Waals surface area (Å²) in [6, 6.07) is 22.1. The van der Waals surface area contributed by atoms with Gasteiger partial charge < -0.3 is 0 Å². The maximum atomic E-state index is 5.64. The van der Waals surface area contributed by atoms with Gasteiger partial charge in [-0.25, -0.2) is 0 Å². The molecule has 0 fully saturated rings. The van der Waals surface area contributed by atoms with Gasteiger partial charge in [0.2, 0.25) is 0 Å². The monoisotopic (exact) mass is 523 g/mol. The van der Waals surface area contributed by atoms with E-state index in [0.29, 0.717) is 4.86 Å². The molecule has 2 heterocycles. The van der Waals surface area contributed by atoms with Crippen LogP contribution in [0.2, 0.25) is 0 Å². The molecule has 0 saturated carbocycles. The van der Waals surface area contributed by atoms with Gasteiger partial charge in [0, 0.05) is 24.8 Å². The summed E-state index contributed by atoms with van der Waals surface area (Å²) in [6.45, 7) is 0. The van der Waals surface area contributed by atoms with E-state index in [-0.39, 0.29) is 21.1 Å². The van der Waals surface area contributed by atoms with Gasteiger partial charge >= 0.3 is 21.1 Å². The van der Waals surface area contributed by atoms with Crippen molar-refractivity contribution in [3.8, 4) is 11.4 Å². The number of rotatable bonds is 4. The smallest absolute Gasteiger partial charge is 0.260 e. The van der Waals surface area contributed by atoms with Crippen LogP contribution in [0.5, 0.6) is 0 Å². The van der Waals surface area contributed by atoms with Crippen LogP contribution >= 0.6 is 12.2 Å². The largest absolute Gasteiger partial charge is 2.00 e. The topological polar surface area (TPSA) is 35.6 Å². The second-order valence-corrected chi connectivity index (χ2v) is 5.54. The summed E-state index contributed by atoms with van der Waals surface area (Å²) >= 11 is 5.64. The molecule has 0 spiro atoms. The fraction of sp³-hybridized carbons (Fsp3) is 0. The summed E-state index contributed by atoms with van der Waals surface area (Å²) in [5, 5.41) is 8.46. The Labute approximate surface area is 165 Å². The fourth-order valence-corrected chi connectivity index (χ4v) is 2.65. The number of hydrogen-bond donors (Lipinski definition) is 0. The molecule has 4 rings (SSSR count). The maximum absolute atomic E-state index is 5.64. The summed E-state index contributed by atoms with van der Waals surface area (Å²) in [7, 11) is 0. The Morgan fingerprint density at radius 1 is 0.760 bits per heavy atom. The first-order valence-corrected chi connectivity index (χ1v) is 7.81. The summed E-state index contributed by atoms with van der Waals surface area (Å²) in [4.78, 5) is 0.693. The molecule has 4 nitrogen and oxygen atoms in total. The van der Waals surface area contributed by atoms with Crippen molar-refractivity contribution in [3.63, 3.8) is 0 Å². The molecule has 0 radical (unpaired) electrons. The van der Waals surface area contributed by atoms with Gasteiger partial charge in [-0.3, -0.25) is 9.36 Å². The van der Waals surface area contributed by atoms with Crippen LogP contribution in [0, 0.1) is 12.1 Å². The predicted molar refractivity (Wildman–Crippen MR) is 95.6 cm³/mol. The number of aromatic nitrogens is 4. The zero-order valence-electron chi connectivity index (χ0n) is 12.9. The third kappa shape index (κ3) is 3.68. The van der Waals surface area contributed by atoms with E-state index < -0.39 is 0 Å². The molecule has 0 N–H and O–H groups in total. The van der Waals surface area contributed by atoms with E-state index >= 15 is 0 Å². The molecule has 0 amide bonds. The van der Waals surface area contributed by atoms with Crippen molar-refractivity contribution in [2.45, 2.75) is 0 Å². The van der Waals surface area contributed by atoms with E-state index in [2.05, 4.69) is 22.3 Å². The SMILES string of the molecule is S=C(c1[c-]c(-n2cccn2)ccc1)c1[c-]c(-n2cccn2)ccc1.[Pt+2].